The van der Waals surface area contributed by atoms with E-state index in [9.17, 15) is 10.1 Å². The molecule has 0 bridgehead atoms. The van der Waals surface area contributed by atoms with Gasteiger partial charge in [-0.05, 0) is 32.4 Å². The summed E-state index contributed by atoms with van der Waals surface area (Å²) in [6.07, 6.45) is 3.78. The molecular formula is C15H22N4O2. The number of nitrogen functional groups attached to an aromatic ring is 1. The maximum absolute atomic E-state index is 11.0. The summed E-state index contributed by atoms with van der Waals surface area (Å²) in [6.45, 7) is 5.31. The van der Waals surface area contributed by atoms with E-state index in [1.54, 1.807) is 6.07 Å². The molecule has 2 N–H and O–H groups in total. The molecule has 2 atom stereocenters. The minimum Gasteiger partial charge on any atom is -0.398 e. The molecule has 2 aliphatic heterocycles. The molecule has 21 heavy (non-hydrogen) atoms. The molecule has 2 fully saturated rings. The van der Waals surface area contributed by atoms with Crippen LogP contribution in [0.25, 0.3) is 0 Å². The normalized spacial score (nSPS) is 26.4. The smallest absolute Gasteiger partial charge is 0.273 e. The molecule has 2 aliphatic rings. The Bertz CT molecular complexity index is 548. The number of rotatable bonds is 2. The van der Waals surface area contributed by atoms with Gasteiger partial charge in [-0.1, -0.05) is 6.42 Å². The second-order valence-corrected chi connectivity index (χ2v) is 6.19. The molecule has 2 heterocycles. The zero-order valence-electron chi connectivity index (χ0n) is 12.4. The van der Waals surface area contributed by atoms with Crippen LogP contribution in [0.2, 0.25) is 0 Å². The molecule has 0 spiro atoms. The van der Waals surface area contributed by atoms with Crippen molar-refractivity contribution in [1.82, 2.24) is 4.90 Å². The summed E-state index contributed by atoms with van der Waals surface area (Å²) in [5, 5.41) is 11.0. The van der Waals surface area contributed by atoms with E-state index in [-0.39, 0.29) is 10.6 Å². The van der Waals surface area contributed by atoms with E-state index in [4.69, 9.17) is 5.73 Å². The third-order valence-corrected chi connectivity index (χ3v) is 4.65. The lowest BCUT2D eigenvalue weighted by atomic mass is 9.96. The highest BCUT2D eigenvalue weighted by Crippen LogP contribution is 2.31. The highest BCUT2D eigenvalue weighted by molar-refractivity contribution is 5.63. The van der Waals surface area contributed by atoms with Gasteiger partial charge < -0.3 is 10.6 Å². The summed E-state index contributed by atoms with van der Waals surface area (Å²) in [7, 11) is 0. The molecule has 1 aromatic carbocycles. The fraction of sp³-hybridized carbons (Fsp3) is 0.600. The van der Waals surface area contributed by atoms with Crippen LogP contribution in [0.5, 0.6) is 0 Å². The standard InChI is InChI=1S/C15H22N4O2/c1-11-9-17-5-3-2-4-13(17)10-18(11)14-6-12(16)7-15(8-14)19(20)21/h6-8,11,13H,2-5,9-10,16H2,1H3. The highest BCUT2D eigenvalue weighted by atomic mass is 16.6. The Morgan fingerprint density at radius 1 is 1.29 bits per heavy atom. The number of nitro groups is 1. The maximum atomic E-state index is 11.0. The van der Waals surface area contributed by atoms with Gasteiger partial charge in [0.2, 0.25) is 0 Å². The summed E-state index contributed by atoms with van der Waals surface area (Å²) in [5.41, 5.74) is 7.24. The van der Waals surface area contributed by atoms with E-state index < -0.39 is 0 Å². The Kier molecular flexibility index (Phi) is 3.71. The van der Waals surface area contributed by atoms with Crippen molar-refractivity contribution in [3.8, 4) is 0 Å². The van der Waals surface area contributed by atoms with Crippen LogP contribution in [0, 0.1) is 10.1 Å². The van der Waals surface area contributed by atoms with Crippen molar-refractivity contribution in [3.05, 3.63) is 28.3 Å². The molecule has 0 amide bonds. The molecule has 6 heteroatoms. The van der Waals surface area contributed by atoms with Crippen molar-refractivity contribution < 1.29 is 4.92 Å². The monoisotopic (exact) mass is 290 g/mol. The fourth-order valence-corrected chi connectivity index (χ4v) is 3.60. The molecule has 6 nitrogen and oxygen atoms in total. The van der Waals surface area contributed by atoms with Crippen molar-refractivity contribution in [3.63, 3.8) is 0 Å². The lowest BCUT2D eigenvalue weighted by Crippen LogP contribution is -2.58. The Morgan fingerprint density at radius 2 is 2.10 bits per heavy atom. The third kappa shape index (κ3) is 2.81. The van der Waals surface area contributed by atoms with Gasteiger partial charge in [-0.15, -0.1) is 0 Å². The van der Waals surface area contributed by atoms with Crippen LogP contribution in [0.4, 0.5) is 17.1 Å². The Hall–Kier alpha value is -1.82. The van der Waals surface area contributed by atoms with E-state index in [2.05, 4.69) is 16.7 Å². The number of hydrogen-bond acceptors (Lipinski definition) is 5. The Balaban J connectivity index is 1.87. The van der Waals surface area contributed by atoms with Gasteiger partial charge in [0.1, 0.15) is 0 Å². The molecule has 2 unspecified atom stereocenters. The van der Waals surface area contributed by atoms with Crippen molar-refractivity contribution in [2.75, 3.05) is 30.3 Å². The number of hydrogen-bond donors (Lipinski definition) is 1. The first-order chi connectivity index (χ1) is 10.0. The van der Waals surface area contributed by atoms with Gasteiger partial charge in [0, 0.05) is 48.7 Å². The van der Waals surface area contributed by atoms with Crippen molar-refractivity contribution in [2.24, 2.45) is 0 Å². The number of nitrogens with zero attached hydrogens (tertiary/aromatic N) is 3. The number of benzene rings is 1. The molecule has 2 saturated heterocycles. The predicted molar refractivity (Wildman–Crippen MR) is 83.5 cm³/mol. The van der Waals surface area contributed by atoms with Gasteiger partial charge >= 0.3 is 0 Å². The van der Waals surface area contributed by atoms with Gasteiger partial charge in [0.05, 0.1) is 4.92 Å². The minimum atomic E-state index is -0.374. The quantitative estimate of drug-likeness (QED) is 0.513. The summed E-state index contributed by atoms with van der Waals surface area (Å²) in [4.78, 5) is 15.5. The average Bonchev–Trinajstić information content (AvgIpc) is 2.45. The summed E-state index contributed by atoms with van der Waals surface area (Å²) in [6, 6.07) is 5.83. The van der Waals surface area contributed by atoms with E-state index in [1.165, 1.54) is 31.9 Å². The van der Waals surface area contributed by atoms with E-state index in [0.29, 0.717) is 17.8 Å². The molecule has 3 rings (SSSR count). The largest absolute Gasteiger partial charge is 0.398 e. The first kappa shape index (κ1) is 14.1. The average molecular weight is 290 g/mol. The summed E-state index contributed by atoms with van der Waals surface area (Å²) < 4.78 is 0. The third-order valence-electron chi connectivity index (χ3n) is 4.65. The second-order valence-electron chi connectivity index (χ2n) is 6.19. The molecule has 0 aliphatic carbocycles. The second kappa shape index (κ2) is 5.52. The highest BCUT2D eigenvalue weighted by Gasteiger charge is 2.33. The summed E-state index contributed by atoms with van der Waals surface area (Å²) in [5.74, 6) is 0. The molecule has 0 saturated carbocycles. The number of fused-ring (bicyclic) bond motifs is 1. The lowest BCUT2D eigenvalue weighted by Gasteiger charge is -2.48. The Morgan fingerprint density at radius 3 is 2.86 bits per heavy atom. The van der Waals surface area contributed by atoms with Crippen LogP contribution < -0.4 is 10.6 Å². The van der Waals surface area contributed by atoms with E-state index in [1.807, 2.05) is 6.07 Å². The molecule has 0 aromatic heterocycles. The zero-order valence-corrected chi connectivity index (χ0v) is 12.4. The number of anilines is 2. The first-order valence-corrected chi connectivity index (χ1v) is 7.60. The fourth-order valence-electron chi connectivity index (χ4n) is 3.60. The number of nitrogens with two attached hydrogens (primary N) is 1. The molecule has 1 aromatic rings. The first-order valence-electron chi connectivity index (χ1n) is 7.60. The molecule has 0 radical (unpaired) electrons. The molecular weight excluding hydrogens is 268 g/mol. The van der Waals surface area contributed by atoms with E-state index in [0.717, 1.165) is 18.8 Å². The van der Waals surface area contributed by atoms with E-state index >= 15 is 0 Å². The topological polar surface area (TPSA) is 75.6 Å². The number of piperazine rings is 1. The zero-order chi connectivity index (χ0) is 15.0. The SMILES string of the molecule is CC1CN2CCCCC2CN1c1cc(N)cc([N+](=O)[O-])c1. The van der Waals surface area contributed by atoms with Crippen LogP contribution >= 0.6 is 0 Å². The van der Waals surface area contributed by atoms with Gasteiger partial charge in [0.25, 0.3) is 5.69 Å². The summed E-state index contributed by atoms with van der Waals surface area (Å²) >= 11 is 0. The van der Waals surface area contributed by atoms with Crippen LogP contribution in [0.1, 0.15) is 26.2 Å². The number of nitro benzene ring substituents is 1. The minimum absolute atomic E-state index is 0.0725. The van der Waals surface area contributed by atoms with Crippen LogP contribution in [-0.4, -0.2) is 41.5 Å². The van der Waals surface area contributed by atoms with Crippen molar-refractivity contribution >= 4 is 17.1 Å². The van der Waals surface area contributed by atoms with Gasteiger partial charge in [-0.2, -0.15) is 0 Å². The van der Waals surface area contributed by atoms with Crippen molar-refractivity contribution in [2.45, 2.75) is 38.3 Å². The molecule has 114 valence electrons. The van der Waals surface area contributed by atoms with Crippen LogP contribution in [0.3, 0.4) is 0 Å². The van der Waals surface area contributed by atoms with Gasteiger partial charge in [-0.25, -0.2) is 0 Å². The lowest BCUT2D eigenvalue weighted by molar-refractivity contribution is -0.384. The Labute approximate surface area is 124 Å². The van der Waals surface area contributed by atoms with Gasteiger partial charge in [-0.3, -0.25) is 15.0 Å². The number of piperidine rings is 1. The van der Waals surface area contributed by atoms with Crippen LogP contribution in [-0.2, 0) is 0 Å². The van der Waals surface area contributed by atoms with Crippen molar-refractivity contribution in [1.29, 1.82) is 0 Å². The number of non-ortho nitro benzene ring substituents is 1. The van der Waals surface area contributed by atoms with Gasteiger partial charge in [0.15, 0.2) is 0 Å². The van der Waals surface area contributed by atoms with Crippen LogP contribution in [0.15, 0.2) is 18.2 Å². The maximum Gasteiger partial charge on any atom is 0.273 e. The predicted octanol–water partition coefficient (Wildman–Crippen LogP) is 2.24.